The van der Waals surface area contributed by atoms with E-state index in [9.17, 15) is 18.4 Å². The molecular formula is C21H14F3N. The average Bonchev–Trinajstić information content (AvgIpc) is 2.62. The summed E-state index contributed by atoms with van der Waals surface area (Å²) in [4.78, 5) is 0. The predicted molar refractivity (Wildman–Crippen MR) is 89.3 cm³/mol. The molecule has 0 bridgehead atoms. The maximum absolute atomic E-state index is 13.4. The van der Waals surface area contributed by atoms with Gasteiger partial charge < -0.3 is 0 Å². The molecule has 25 heavy (non-hydrogen) atoms. The summed E-state index contributed by atoms with van der Waals surface area (Å²) in [5.41, 5.74) is 1.07. The Labute approximate surface area is 144 Å². The highest BCUT2D eigenvalue weighted by Crippen LogP contribution is 2.42. The van der Waals surface area contributed by atoms with Gasteiger partial charge in [0.05, 0.1) is 17.9 Å². The second kappa shape index (κ2) is 6.82. The van der Waals surface area contributed by atoms with E-state index in [2.05, 4.69) is 6.07 Å². The fourth-order valence-corrected chi connectivity index (χ4v) is 3.13. The van der Waals surface area contributed by atoms with Crippen molar-refractivity contribution >= 4 is 0 Å². The lowest BCUT2D eigenvalue weighted by Crippen LogP contribution is -2.29. The Morgan fingerprint density at radius 3 is 1.12 bits per heavy atom. The van der Waals surface area contributed by atoms with Gasteiger partial charge in [-0.3, -0.25) is 0 Å². The first-order valence-corrected chi connectivity index (χ1v) is 7.71. The normalized spacial score (nSPS) is 11.1. The topological polar surface area (TPSA) is 23.8 Å². The van der Waals surface area contributed by atoms with Crippen molar-refractivity contribution in [3.05, 3.63) is 107 Å². The van der Waals surface area contributed by atoms with E-state index < -0.39 is 22.9 Å². The van der Waals surface area contributed by atoms with E-state index >= 15 is 0 Å². The van der Waals surface area contributed by atoms with Gasteiger partial charge in [0.2, 0.25) is 0 Å². The van der Waals surface area contributed by atoms with Crippen molar-refractivity contribution in [1.82, 2.24) is 0 Å². The lowest BCUT2D eigenvalue weighted by Gasteiger charge is -2.34. The molecule has 0 heterocycles. The lowest BCUT2D eigenvalue weighted by atomic mass is 9.67. The second-order valence-corrected chi connectivity index (χ2v) is 5.76. The third kappa shape index (κ3) is 3.14. The third-order valence-electron chi connectivity index (χ3n) is 4.36. The average molecular weight is 337 g/mol. The van der Waals surface area contributed by atoms with Gasteiger partial charge in [-0.15, -0.1) is 0 Å². The molecule has 0 aromatic heterocycles. The van der Waals surface area contributed by atoms with Gasteiger partial charge in [-0.2, -0.15) is 5.26 Å². The van der Waals surface area contributed by atoms with Gasteiger partial charge in [-0.25, -0.2) is 13.2 Å². The van der Waals surface area contributed by atoms with E-state index in [-0.39, 0.29) is 6.42 Å². The quantitative estimate of drug-likeness (QED) is 0.589. The molecule has 124 valence electrons. The minimum Gasteiger partial charge on any atom is -0.207 e. The van der Waals surface area contributed by atoms with Gasteiger partial charge in [0.1, 0.15) is 17.5 Å². The molecule has 3 rings (SSSR count). The number of benzene rings is 3. The van der Waals surface area contributed by atoms with Crippen molar-refractivity contribution < 1.29 is 13.2 Å². The lowest BCUT2D eigenvalue weighted by molar-refractivity contribution is 0.599. The van der Waals surface area contributed by atoms with Crippen LogP contribution in [0.3, 0.4) is 0 Å². The molecule has 0 aliphatic carbocycles. The summed E-state index contributed by atoms with van der Waals surface area (Å²) in [6.45, 7) is 0. The first-order chi connectivity index (χ1) is 12.1. The molecule has 0 radical (unpaired) electrons. The number of hydrogen-bond donors (Lipinski definition) is 0. The van der Waals surface area contributed by atoms with Crippen molar-refractivity contribution in [2.75, 3.05) is 0 Å². The zero-order valence-corrected chi connectivity index (χ0v) is 13.2. The van der Waals surface area contributed by atoms with Gasteiger partial charge in [0.25, 0.3) is 0 Å². The molecule has 0 amide bonds. The van der Waals surface area contributed by atoms with Crippen molar-refractivity contribution in [3.8, 4) is 6.07 Å². The smallest absolute Gasteiger partial charge is 0.123 e. The third-order valence-corrected chi connectivity index (χ3v) is 4.36. The standard InChI is InChI=1S/C21H14F3N/c22-18-7-1-15(2-8-18)21(13-14-25,16-3-9-19(23)10-4-16)17-5-11-20(24)12-6-17/h1-12H,13H2. The Kier molecular flexibility index (Phi) is 4.58. The van der Waals surface area contributed by atoms with Gasteiger partial charge in [0, 0.05) is 0 Å². The second-order valence-electron chi connectivity index (χ2n) is 5.76. The molecular weight excluding hydrogens is 323 g/mol. The molecule has 0 aliphatic heterocycles. The molecule has 0 atom stereocenters. The summed E-state index contributed by atoms with van der Waals surface area (Å²) in [6, 6.07) is 19.6. The van der Waals surface area contributed by atoms with Gasteiger partial charge in [-0.1, -0.05) is 36.4 Å². The zero-order chi connectivity index (χ0) is 17.9. The minimum absolute atomic E-state index is 0.0376. The molecule has 1 nitrogen and oxygen atoms in total. The van der Waals surface area contributed by atoms with Crippen LogP contribution < -0.4 is 0 Å². The van der Waals surface area contributed by atoms with Crippen LogP contribution in [0.25, 0.3) is 0 Å². The van der Waals surface area contributed by atoms with E-state index in [0.29, 0.717) is 16.7 Å². The maximum Gasteiger partial charge on any atom is 0.123 e. The highest BCUT2D eigenvalue weighted by molar-refractivity contribution is 5.51. The van der Waals surface area contributed by atoms with Crippen LogP contribution in [0.1, 0.15) is 23.1 Å². The zero-order valence-electron chi connectivity index (χ0n) is 13.2. The molecule has 4 heteroatoms. The maximum atomic E-state index is 13.4. The van der Waals surface area contributed by atoms with E-state index in [1.54, 1.807) is 36.4 Å². The van der Waals surface area contributed by atoms with Gasteiger partial charge in [-0.05, 0) is 53.1 Å². The van der Waals surface area contributed by atoms with Crippen LogP contribution in [-0.4, -0.2) is 0 Å². The predicted octanol–water partition coefficient (Wildman–Crippen LogP) is 5.35. The summed E-state index contributed by atoms with van der Waals surface area (Å²) >= 11 is 0. The van der Waals surface area contributed by atoms with Crippen LogP contribution in [0.4, 0.5) is 13.2 Å². The van der Waals surface area contributed by atoms with E-state index in [0.717, 1.165) is 0 Å². The largest absolute Gasteiger partial charge is 0.207 e. The van der Waals surface area contributed by atoms with Crippen LogP contribution in [0, 0.1) is 28.8 Å². The summed E-state index contributed by atoms with van der Waals surface area (Å²) < 4.78 is 40.2. The molecule has 0 spiro atoms. The number of hydrogen-bond acceptors (Lipinski definition) is 1. The number of nitriles is 1. The fraction of sp³-hybridized carbons (Fsp3) is 0.0952. The summed E-state index contributed by atoms with van der Waals surface area (Å²) in [7, 11) is 0. The van der Waals surface area contributed by atoms with Crippen molar-refractivity contribution in [2.24, 2.45) is 0 Å². The van der Waals surface area contributed by atoms with Crippen molar-refractivity contribution in [2.45, 2.75) is 11.8 Å². The Balaban J connectivity index is 2.31. The highest BCUT2D eigenvalue weighted by Gasteiger charge is 2.36. The molecule has 3 aromatic rings. The SMILES string of the molecule is N#CCC(c1ccc(F)cc1)(c1ccc(F)cc1)c1ccc(F)cc1. The molecule has 0 fully saturated rings. The van der Waals surface area contributed by atoms with E-state index in [1.165, 1.54) is 36.4 Å². The van der Waals surface area contributed by atoms with Gasteiger partial charge in [0.15, 0.2) is 0 Å². The van der Waals surface area contributed by atoms with E-state index in [4.69, 9.17) is 0 Å². The van der Waals surface area contributed by atoms with Crippen LogP contribution in [0.15, 0.2) is 72.8 Å². The molecule has 3 aromatic carbocycles. The first kappa shape index (κ1) is 16.8. The Morgan fingerprint density at radius 2 is 0.880 bits per heavy atom. The van der Waals surface area contributed by atoms with E-state index in [1.807, 2.05) is 0 Å². The molecule has 0 saturated heterocycles. The van der Waals surface area contributed by atoms with Crippen LogP contribution in [0.2, 0.25) is 0 Å². The monoisotopic (exact) mass is 337 g/mol. The summed E-state index contributed by atoms with van der Waals surface area (Å²) in [6.07, 6.45) is 0.0376. The van der Waals surface area contributed by atoms with Crippen LogP contribution in [0.5, 0.6) is 0 Å². The molecule has 0 aliphatic rings. The summed E-state index contributed by atoms with van der Waals surface area (Å²) in [5, 5.41) is 9.48. The fourth-order valence-electron chi connectivity index (χ4n) is 3.13. The summed E-state index contributed by atoms with van der Waals surface area (Å²) in [5.74, 6) is -1.19. The Bertz CT molecular complexity index is 781. The van der Waals surface area contributed by atoms with Crippen molar-refractivity contribution in [3.63, 3.8) is 0 Å². The van der Waals surface area contributed by atoms with Crippen LogP contribution in [-0.2, 0) is 5.41 Å². The molecule has 0 saturated carbocycles. The number of nitrogens with zero attached hydrogens (tertiary/aromatic N) is 1. The number of rotatable bonds is 4. The Hall–Kier alpha value is -3.06. The Morgan fingerprint density at radius 1 is 0.600 bits per heavy atom. The van der Waals surface area contributed by atoms with Crippen molar-refractivity contribution in [1.29, 1.82) is 5.26 Å². The molecule has 0 unspecified atom stereocenters. The highest BCUT2D eigenvalue weighted by atomic mass is 19.1. The number of halogens is 3. The van der Waals surface area contributed by atoms with Crippen LogP contribution >= 0.6 is 0 Å². The van der Waals surface area contributed by atoms with Gasteiger partial charge >= 0.3 is 0 Å². The minimum atomic E-state index is -0.955. The molecule has 0 N–H and O–H groups in total. The first-order valence-electron chi connectivity index (χ1n) is 7.71.